The van der Waals surface area contributed by atoms with E-state index >= 15 is 0 Å². The average Bonchev–Trinajstić information content (AvgIpc) is 1.68. The van der Waals surface area contributed by atoms with E-state index in [9.17, 15) is 85.9 Å². The lowest BCUT2D eigenvalue weighted by molar-refractivity contribution is -0.146. The van der Waals surface area contributed by atoms with E-state index in [0.29, 0.717) is 112 Å². The highest BCUT2D eigenvalue weighted by atomic mass is 35.5. The van der Waals surface area contributed by atoms with E-state index in [2.05, 4.69) is 85.8 Å². The molecular formula is C102H130ClF3N20O21. The van der Waals surface area contributed by atoms with Gasteiger partial charge in [0.25, 0.3) is 0 Å². The number of halogens is 4. The van der Waals surface area contributed by atoms with Crippen LogP contribution in [0.1, 0.15) is 178 Å². The number of esters is 2. The molecule has 792 valence electrons. The number of anilines is 1. The smallest absolute Gasteiger partial charge is 0.472 e. The normalized spacial score (nSPS) is 12.8. The second-order valence-electron chi connectivity index (χ2n) is 36.2. The zero-order valence-corrected chi connectivity index (χ0v) is 85.2. The number of carbonyl (C=O) groups is 13. The summed E-state index contributed by atoms with van der Waals surface area (Å²) in [5, 5.41) is 40.7. The standard InChI is InChI=1S/C25H26F3N5O4.C23H29N5O4.C23H32N4O5.C17H21NO4.C7H11N3O2.C7H10N2O2.ClH/c1-14(2)7-15(8-21(34)20-10-18-19(32-20)5-4-6-22(18)37-3)23(35)31-16(11-29)9-17-12-30-13-33(17)24(36)25(26,27)28;1-13(2)7-14(23(31)28-19(22(24)30)9-15-11-25-12-26-15)8-20(29)18-10-16-17(27-18)5-4-6-21(16)32-3;1-15(2)8-16(9-19(28)13-25-17-6-5-7-20(10-17)31-3)22(29)27-21(23(30)32-4)11-18-12-24-14-26-18;1-10(2)7-11(17(20)21)8-15(19)14-9-12-13(18-14)5-4-6-16(12)22-3;1-12-7(11)6(8)2-5-3-9-4-10-5;1-5(7(10)11)2-6-3-8-4-9-6;/h4-6,10,12-16,32H,7-9H2,1-3H3,(H,31,35);4-6,10-14,19,27H,7-9H2,1-3H3,(H2,24,30)(H,25,26)(H,28,31);5-7,10,12,14-16,21,25H,8-9,11,13H2,1-4H3,(H,24,26)(H,27,29);4-6,9-11,18H,7-8H2,1-3H3,(H,20,21);3-4,6H,2,8H2,1H3,(H,9,10);3-5H,2H2,1H3,(H,8,9)(H,10,11);1H/t15-,16+;14-,19+;16-,21+;11-;6-;5-;/m111100./s1. The van der Waals surface area contributed by atoms with Crippen molar-refractivity contribution < 1.29 is 114 Å². The summed E-state index contributed by atoms with van der Waals surface area (Å²) in [6.07, 6.45) is 11.9. The Balaban J connectivity index is 0.000000280. The third kappa shape index (κ3) is 38.7. The monoisotopic (exact) mass is 2060 g/mol. The highest BCUT2D eigenvalue weighted by Crippen LogP contribution is 2.33. The van der Waals surface area contributed by atoms with Gasteiger partial charge in [0.05, 0.1) is 109 Å². The molecule has 0 radical (unpaired) electrons. The molecule has 0 aliphatic heterocycles. The maximum absolute atomic E-state index is 13.1. The fourth-order valence-corrected chi connectivity index (χ4v) is 15.5. The summed E-state index contributed by atoms with van der Waals surface area (Å²) in [7, 11) is 8.83. The third-order valence-electron chi connectivity index (χ3n) is 22.7. The fraction of sp³-hybridized carbons (Fsp3) is 0.422. The molecule has 0 saturated carbocycles. The lowest BCUT2D eigenvalue weighted by Gasteiger charge is -2.22. The number of fused-ring (bicyclic) bond motifs is 3. The van der Waals surface area contributed by atoms with Gasteiger partial charge in [0, 0.05) is 179 Å². The van der Waals surface area contributed by atoms with Crippen LogP contribution in [0.3, 0.4) is 0 Å². The number of nitriles is 1. The van der Waals surface area contributed by atoms with Crippen LogP contribution in [-0.2, 0) is 84.7 Å². The number of carboxylic acid groups (broad SMARTS) is 2. The van der Waals surface area contributed by atoms with Gasteiger partial charge in [-0.3, -0.25) is 62.1 Å². The van der Waals surface area contributed by atoms with Crippen molar-refractivity contribution in [1.82, 2.24) is 80.3 Å². The molecule has 0 bridgehead atoms. The first-order valence-corrected chi connectivity index (χ1v) is 46.8. The van der Waals surface area contributed by atoms with Gasteiger partial charge in [0.15, 0.2) is 23.1 Å². The quantitative estimate of drug-likeness (QED) is 0.0124. The Kier molecular flexibility index (Phi) is 48.5. The fourth-order valence-electron chi connectivity index (χ4n) is 15.5. The number of imidazole rings is 5. The number of carbonyl (C=O) groups excluding carboxylic acids is 11. The molecule has 0 fully saturated rings. The van der Waals surface area contributed by atoms with E-state index in [1.807, 2.05) is 116 Å². The number of Topliss-reactive ketones (excluding diaryl/α,β-unsaturated/α-hetero) is 4. The largest absolute Gasteiger partial charge is 0.497 e. The number of rotatable bonds is 47. The van der Waals surface area contributed by atoms with Crippen molar-refractivity contribution >= 4 is 127 Å². The number of amides is 4. The second-order valence-corrected chi connectivity index (χ2v) is 36.2. The van der Waals surface area contributed by atoms with Gasteiger partial charge in [-0.1, -0.05) is 86.6 Å². The molecule has 0 saturated heterocycles. The van der Waals surface area contributed by atoms with Crippen molar-refractivity contribution in [2.75, 3.05) is 54.5 Å². The molecule has 0 unspecified atom stereocenters. The maximum atomic E-state index is 13.1. The molecule has 12 rings (SSSR count). The zero-order chi connectivity index (χ0) is 108. The number of nitrogens with two attached hydrogens (primary N) is 2. The van der Waals surface area contributed by atoms with Crippen LogP contribution in [0.25, 0.3) is 32.7 Å². The number of aromatic nitrogens is 13. The molecule has 12 aromatic rings. The number of hydrogen-bond donors (Lipinski definition) is 15. The summed E-state index contributed by atoms with van der Waals surface area (Å²) in [6, 6.07) is 27.0. The lowest BCUT2D eigenvalue weighted by atomic mass is 9.90. The summed E-state index contributed by atoms with van der Waals surface area (Å²) in [6.45, 7) is 17.4. The molecule has 4 amide bonds. The first kappa shape index (κ1) is 120. The highest BCUT2D eigenvalue weighted by molar-refractivity contribution is 6.05. The molecular weight excluding hydrogens is 1930 g/mol. The number of aromatic amines is 7. The van der Waals surface area contributed by atoms with Crippen molar-refractivity contribution in [3.63, 3.8) is 0 Å². The Morgan fingerprint density at radius 2 is 0.850 bits per heavy atom. The summed E-state index contributed by atoms with van der Waals surface area (Å²) >= 11 is 0. The average molecular weight is 2060 g/mol. The minimum absolute atomic E-state index is 0. The van der Waals surface area contributed by atoms with Crippen molar-refractivity contribution in [2.24, 2.45) is 64.7 Å². The number of methoxy groups -OCH3 is 6. The van der Waals surface area contributed by atoms with Crippen molar-refractivity contribution in [3.8, 4) is 29.1 Å². The van der Waals surface area contributed by atoms with Crippen LogP contribution in [0, 0.1) is 64.6 Å². The van der Waals surface area contributed by atoms with Crippen molar-refractivity contribution in [1.29, 1.82) is 5.26 Å². The van der Waals surface area contributed by atoms with Crippen LogP contribution >= 0.6 is 12.4 Å². The number of ketones is 4. The van der Waals surface area contributed by atoms with Gasteiger partial charge in [-0.15, -0.1) is 12.4 Å². The molecule has 147 heavy (non-hydrogen) atoms. The predicted octanol–water partition coefficient (Wildman–Crippen LogP) is 12.8. The van der Waals surface area contributed by atoms with Crippen LogP contribution in [0.5, 0.6) is 23.0 Å². The summed E-state index contributed by atoms with van der Waals surface area (Å²) in [5.41, 5.74) is 18.0. The second kappa shape index (κ2) is 59.4. The molecule has 4 aromatic carbocycles. The van der Waals surface area contributed by atoms with E-state index in [1.165, 1.54) is 34.0 Å². The summed E-state index contributed by atoms with van der Waals surface area (Å²) < 4.78 is 69.3. The topological polar surface area (TPSA) is 622 Å². The predicted molar refractivity (Wildman–Crippen MR) is 540 cm³/mol. The molecule has 0 aliphatic rings. The Labute approximate surface area is 852 Å². The van der Waals surface area contributed by atoms with Gasteiger partial charge in [-0.05, 0) is 116 Å². The van der Waals surface area contributed by atoms with Crippen LogP contribution in [0.2, 0.25) is 0 Å². The number of aliphatic carboxylic acids is 2. The number of primary amides is 1. The van der Waals surface area contributed by atoms with Crippen LogP contribution in [0.15, 0.2) is 160 Å². The third-order valence-corrected chi connectivity index (χ3v) is 22.7. The van der Waals surface area contributed by atoms with Crippen LogP contribution in [-0.4, -0.2) is 231 Å². The van der Waals surface area contributed by atoms with Gasteiger partial charge < -0.3 is 106 Å². The Morgan fingerprint density at radius 3 is 1.22 bits per heavy atom. The molecule has 0 spiro atoms. The van der Waals surface area contributed by atoms with E-state index in [4.69, 9.17) is 40.3 Å². The maximum Gasteiger partial charge on any atom is 0.472 e. The minimum Gasteiger partial charge on any atom is -0.497 e. The van der Waals surface area contributed by atoms with E-state index in [1.54, 1.807) is 108 Å². The minimum atomic E-state index is -5.13. The Morgan fingerprint density at radius 1 is 0.463 bits per heavy atom. The highest BCUT2D eigenvalue weighted by Gasteiger charge is 2.42. The van der Waals surface area contributed by atoms with Crippen LogP contribution in [0.4, 0.5) is 18.9 Å². The molecule has 0 aliphatic carbocycles. The molecule has 41 nitrogen and oxygen atoms in total. The first-order valence-electron chi connectivity index (χ1n) is 46.8. The first-order chi connectivity index (χ1) is 69.4. The number of H-pyrrole nitrogens is 7. The number of carboxylic acids is 2. The molecule has 17 N–H and O–H groups in total. The van der Waals surface area contributed by atoms with Gasteiger partial charge in [-0.25, -0.2) is 29.7 Å². The van der Waals surface area contributed by atoms with Crippen LogP contribution < -0.4 is 51.7 Å². The molecule has 45 heteroatoms. The Hall–Kier alpha value is -15.8. The van der Waals surface area contributed by atoms with Gasteiger partial charge in [0.2, 0.25) is 23.6 Å². The molecule has 8 heterocycles. The van der Waals surface area contributed by atoms with E-state index < -0.39 is 95.6 Å². The van der Waals surface area contributed by atoms with Crippen molar-refractivity contribution in [3.05, 3.63) is 205 Å². The summed E-state index contributed by atoms with van der Waals surface area (Å²) in [5.74, 6) is -7.23. The SMILES string of the molecule is COC(=O)[C@@H](N)Cc1cnc[nH]1.COC(=O)[C@H](Cc1cnc[nH]1)NC(=O)[C@@H](CC(=O)CNc1cccc(OC)c1)CC(C)C.COc1cccc2[nH]c(C(=O)C[C@@H](CC(C)C)C(=O)N[C@@H](Cc3cnc[nH]3)C(N)=O)cc12.COc1cccc2[nH]c(C(=O)C[C@@H](CC(C)C)C(=O)N[C@H](C#N)Cc3cncn3C(=O)C(F)(F)F)cc12.COc1cccc2[nH]c(C(=O)C[C@@H](CC(C)C)C(=O)O)cc12.C[C@@H](Cc1cnc[nH]1)C(=O)O.Cl. The van der Waals surface area contributed by atoms with Gasteiger partial charge >= 0.3 is 36.0 Å². The zero-order valence-electron chi connectivity index (χ0n) is 84.4. The molecule has 8 aromatic heterocycles. The number of nitrogens with one attached hydrogen (secondary N) is 11. The lowest BCUT2D eigenvalue weighted by Crippen LogP contribution is -2.48. The van der Waals surface area contributed by atoms with Gasteiger partial charge in [0.1, 0.15) is 53.5 Å². The number of benzene rings is 4. The summed E-state index contributed by atoms with van der Waals surface area (Å²) in [4.78, 5) is 198. The van der Waals surface area contributed by atoms with E-state index in [0.717, 1.165) is 45.1 Å². The number of nitrogens with zero attached hydrogens (tertiary/aromatic N) is 7. The number of alkyl halides is 3. The Bertz CT molecular complexity index is 6310. The van der Waals surface area contributed by atoms with Crippen molar-refractivity contribution in [2.45, 2.75) is 176 Å². The number of hydrogen-bond acceptors (Lipinski definition) is 27. The molecule has 9 atom stereocenters. The van der Waals surface area contributed by atoms with E-state index in [-0.39, 0.29) is 134 Å². The van der Waals surface area contributed by atoms with Gasteiger partial charge in [-0.2, -0.15) is 18.4 Å². The number of ether oxygens (including phenoxy) is 6.